The highest BCUT2D eigenvalue weighted by atomic mass is 19.1. The summed E-state index contributed by atoms with van der Waals surface area (Å²) in [6.07, 6.45) is 0.471. The van der Waals surface area contributed by atoms with Crippen molar-refractivity contribution in [1.82, 2.24) is 15.6 Å². The number of nitrogens with one attached hydrogen (secondary N) is 2. The lowest BCUT2D eigenvalue weighted by molar-refractivity contribution is 0.169. The number of aliphatic hydroxyl groups excluding tert-OH is 1. The molecule has 1 unspecified atom stereocenters. The first kappa shape index (κ1) is 16.7. The number of amides is 2. The summed E-state index contributed by atoms with van der Waals surface area (Å²) in [5.74, 6) is -0.0502. The van der Waals surface area contributed by atoms with Crippen LogP contribution in [0.3, 0.4) is 0 Å². The minimum absolute atomic E-state index is 0.0908. The smallest absolute Gasteiger partial charge is 0.315 e. The summed E-state index contributed by atoms with van der Waals surface area (Å²) in [5.41, 5.74) is 0.966. The maximum absolute atomic E-state index is 13.5. The highest BCUT2D eigenvalue weighted by Gasteiger charge is 2.13. The van der Waals surface area contributed by atoms with Gasteiger partial charge < -0.3 is 20.5 Å². The zero-order valence-corrected chi connectivity index (χ0v) is 12.6. The van der Waals surface area contributed by atoms with Gasteiger partial charge >= 0.3 is 6.03 Å². The van der Waals surface area contributed by atoms with Gasteiger partial charge in [-0.05, 0) is 17.7 Å². The molecule has 1 aromatic heterocycles. The Kier molecular flexibility index (Phi) is 5.87. The van der Waals surface area contributed by atoms with Crippen molar-refractivity contribution >= 4 is 6.03 Å². The Balaban J connectivity index is 1.80. The van der Waals surface area contributed by atoms with E-state index >= 15 is 0 Å². The Morgan fingerprint density at radius 1 is 1.35 bits per heavy atom. The minimum Gasteiger partial charge on any atom is -0.481 e. The summed E-state index contributed by atoms with van der Waals surface area (Å²) >= 11 is 0. The van der Waals surface area contributed by atoms with Crippen LogP contribution in [0.2, 0.25) is 0 Å². The van der Waals surface area contributed by atoms with Gasteiger partial charge in [-0.25, -0.2) is 14.2 Å². The van der Waals surface area contributed by atoms with Gasteiger partial charge in [-0.15, -0.1) is 0 Å². The fourth-order valence-corrected chi connectivity index (χ4v) is 1.96. The van der Waals surface area contributed by atoms with Gasteiger partial charge in [0.15, 0.2) is 0 Å². The minimum atomic E-state index is -1.11. The SMILES string of the molecule is COc1cc(CNC(=O)NCC(O)c2ccccc2F)ccn1. The molecule has 0 saturated heterocycles. The first-order chi connectivity index (χ1) is 11.1. The Morgan fingerprint density at radius 2 is 2.13 bits per heavy atom. The van der Waals surface area contributed by atoms with E-state index in [1.165, 1.54) is 25.3 Å². The molecule has 0 fully saturated rings. The number of nitrogens with zero attached hydrogens (tertiary/aromatic N) is 1. The molecule has 0 aliphatic carbocycles. The number of ether oxygens (including phenoxy) is 1. The van der Waals surface area contributed by atoms with E-state index in [1.807, 2.05) is 0 Å². The van der Waals surface area contributed by atoms with E-state index in [9.17, 15) is 14.3 Å². The van der Waals surface area contributed by atoms with E-state index in [0.29, 0.717) is 5.88 Å². The molecule has 3 N–H and O–H groups in total. The number of benzene rings is 1. The molecule has 122 valence electrons. The molecule has 0 bridgehead atoms. The zero-order chi connectivity index (χ0) is 16.7. The van der Waals surface area contributed by atoms with Gasteiger partial charge in [0.05, 0.1) is 13.2 Å². The molecule has 2 aromatic rings. The molecule has 1 atom stereocenters. The number of aliphatic hydroxyl groups is 1. The van der Waals surface area contributed by atoms with Gasteiger partial charge in [-0.3, -0.25) is 0 Å². The molecule has 23 heavy (non-hydrogen) atoms. The third kappa shape index (κ3) is 4.93. The van der Waals surface area contributed by atoms with Crippen LogP contribution in [-0.4, -0.2) is 29.8 Å². The van der Waals surface area contributed by atoms with Crippen LogP contribution in [0.15, 0.2) is 42.6 Å². The Morgan fingerprint density at radius 3 is 2.87 bits per heavy atom. The molecule has 6 nitrogen and oxygen atoms in total. The monoisotopic (exact) mass is 319 g/mol. The summed E-state index contributed by atoms with van der Waals surface area (Å²) in [6, 6.07) is 8.88. The van der Waals surface area contributed by atoms with Crippen LogP contribution in [0, 0.1) is 5.82 Å². The first-order valence-electron chi connectivity index (χ1n) is 7.03. The summed E-state index contributed by atoms with van der Waals surface area (Å²) in [4.78, 5) is 15.7. The Labute approximate surface area is 133 Å². The summed E-state index contributed by atoms with van der Waals surface area (Å²) in [7, 11) is 1.51. The summed E-state index contributed by atoms with van der Waals surface area (Å²) < 4.78 is 18.5. The van der Waals surface area contributed by atoms with Crippen LogP contribution < -0.4 is 15.4 Å². The van der Waals surface area contributed by atoms with Crippen molar-refractivity contribution in [2.24, 2.45) is 0 Å². The number of hydrogen-bond acceptors (Lipinski definition) is 4. The number of carbonyl (C=O) groups excluding carboxylic acids is 1. The van der Waals surface area contributed by atoms with Crippen molar-refractivity contribution in [3.8, 4) is 5.88 Å². The maximum atomic E-state index is 13.5. The van der Waals surface area contributed by atoms with E-state index < -0.39 is 18.0 Å². The number of halogens is 1. The van der Waals surface area contributed by atoms with E-state index in [4.69, 9.17) is 4.74 Å². The normalized spacial score (nSPS) is 11.6. The average molecular weight is 319 g/mol. The lowest BCUT2D eigenvalue weighted by Crippen LogP contribution is -2.37. The molecule has 1 heterocycles. The molecular formula is C16H18FN3O3. The summed E-state index contributed by atoms with van der Waals surface area (Å²) in [6.45, 7) is 0.187. The van der Waals surface area contributed by atoms with E-state index in [0.717, 1.165) is 5.56 Å². The van der Waals surface area contributed by atoms with E-state index in [1.54, 1.807) is 24.4 Å². The molecular weight excluding hydrogens is 301 g/mol. The van der Waals surface area contributed by atoms with E-state index in [-0.39, 0.29) is 18.7 Å². The van der Waals surface area contributed by atoms with Gasteiger partial charge in [0, 0.05) is 30.9 Å². The van der Waals surface area contributed by atoms with Gasteiger partial charge in [-0.1, -0.05) is 18.2 Å². The highest BCUT2D eigenvalue weighted by Crippen LogP contribution is 2.15. The number of methoxy groups -OCH3 is 1. The highest BCUT2D eigenvalue weighted by molar-refractivity contribution is 5.73. The van der Waals surface area contributed by atoms with E-state index in [2.05, 4.69) is 15.6 Å². The number of rotatable bonds is 6. The van der Waals surface area contributed by atoms with Crippen LogP contribution in [0.1, 0.15) is 17.2 Å². The second-order valence-electron chi connectivity index (χ2n) is 4.81. The molecule has 0 aliphatic heterocycles. The molecule has 2 rings (SSSR count). The quantitative estimate of drug-likeness (QED) is 0.757. The Hall–Kier alpha value is -2.67. The fraction of sp³-hybridized carbons (Fsp3) is 0.250. The van der Waals surface area contributed by atoms with Crippen molar-refractivity contribution in [2.45, 2.75) is 12.6 Å². The molecule has 0 aliphatic rings. The second kappa shape index (κ2) is 8.09. The van der Waals surface area contributed by atoms with Gasteiger partial charge in [-0.2, -0.15) is 0 Å². The van der Waals surface area contributed by atoms with Crippen molar-refractivity contribution in [2.75, 3.05) is 13.7 Å². The van der Waals surface area contributed by atoms with Crippen LogP contribution in [0.4, 0.5) is 9.18 Å². The number of hydrogen-bond donors (Lipinski definition) is 3. The zero-order valence-electron chi connectivity index (χ0n) is 12.6. The third-order valence-corrected chi connectivity index (χ3v) is 3.18. The molecule has 7 heteroatoms. The molecule has 1 aromatic carbocycles. The largest absolute Gasteiger partial charge is 0.481 e. The van der Waals surface area contributed by atoms with Crippen LogP contribution in [0.25, 0.3) is 0 Å². The topological polar surface area (TPSA) is 83.5 Å². The van der Waals surface area contributed by atoms with Crippen molar-refractivity contribution in [3.05, 3.63) is 59.5 Å². The molecule has 0 spiro atoms. The van der Waals surface area contributed by atoms with Gasteiger partial charge in [0.1, 0.15) is 5.82 Å². The third-order valence-electron chi connectivity index (χ3n) is 3.18. The Bertz CT molecular complexity index is 667. The number of aromatic nitrogens is 1. The lowest BCUT2D eigenvalue weighted by Gasteiger charge is -2.13. The molecule has 2 amide bonds. The maximum Gasteiger partial charge on any atom is 0.315 e. The number of pyridine rings is 1. The van der Waals surface area contributed by atoms with Crippen LogP contribution in [0.5, 0.6) is 5.88 Å². The van der Waals surface area contributed by atoms with Crippen molar-refractivity contribution < 1.29 is 19.0 Å². The van der Waals surface area contributed by atoms with Gasteiger partial charge in [0.25, 0.3) is 0 Å². The standard InChI is InChI=1S/C16H18FN3O3/c1-23-15-8-11(6-7-18-15)9-19-16(22)20-10-14(21)12-4-2-3-5-13(12)17/h2-8,14,21H,9-10H2,1H3,(H2,19,20,22). The van der Waals surface area contributed by atoms with Crippen LogP contribution in [-0.2, 0) is 6.54 Å². The number of carbonyl (C=O) groups is 1. The van der Waals surface area contributed by atoms with Gasteiger partial charge in [0.2, 0.25) is 5.88 Å². The first-order valence-corrected chi connectivity index (χ1v) is 7.03. The molecule has 0 radical (unpaired) electrons. The fourth-order valence-electron chi connectivity index (χ4n) is 1.96. The lowest BCUT2D eigenvalue weighted by atomic mass is 10.1. The number of urea groups is 1. The molecule has 0 saturated carbocycles. The predicted molar refractivity (Wildman–Crippen MR) is 82.4 cm³/mol. The van der Waals surface area contributed by atoms with Crippen molar-refractivity contribution in [3.63, 3.8) is 0 Å². The average Bonchev–Trinajstić information content (AvgIpc) is 2.58. The summed E-state index contributed by atoms with van der Waals surface area (Å²) in [5, 5.41) is 15.0. The second-order valence-corrected chi connectivity index (χ2v) is 4.81. The predicted octanol–water partition coefficient (Wildman–Crippen LogP) is 1.76. The van der Waals surface area contributed by atoms with Crippen LogP contribution >= 0.6 is 0 Å². The van der Waals surface area contributed by atoms with Crippen molar-refractivity contribution in [1.29, 1.82) is 0 Å².